The summed E-state index contributed by atoms with van der Waals surface area (Å²) in [5.74, 6) is 0. The normalized spacial score (nSPS) is 18.5. The number of nitrogens with one attached hydrogen (secondary N) is 1. The van der Waals surface area contributed by atoms with E-state index in [0.29, 0.717) is 6.61 Å². The van der Waals surface area contributed by atoms with Crippen molar-refractivity contribution in [1.29, 1.82) is 0 Å². The van der Waals surface area contributed by atoms with Crippen molar-refractivity contribution in [2.75, 3.05) is 53.6 Å². The summed E-state index contributed by atoms with van der Waals surface area (Å²) in [6.07, 6.45) is 1.08. The fraction of sp³-hybridized carbons (Fsp3) is 1.00. The fourth-order valence-corrected chi connectivity index (χ4v) is 4.14. The van der Waals surface area contributed by atoms with E-state index in [1.165, 1.54) is 0 Å². The summed E-state index contributed by atoms with van der Waals surface area (Å²) in [7, 11) is 1.01. The summed E-state index contributed by atoms with van der Waals surface area (Å²) in [6, 6.07) is 0.901. The quantitative estimate of drug-likeness (QED) is 0.647. The van der Waals surface area contributed by atoms with Crippen LogP contribution in [0.4, 0.5) is 0 Å². The largest absolute Gasteiger partial charge is 0.500 e. The first kappa shape index (κ1) is 15.1. The van der Waals surface area contributed by atoms with Gasteiger partial charge in [-0.2, -0.15) is 0 Å². The van der Waals surface area contributed by atoms with Crippen LogP contribution in [0, 0.1) is 0 Å². The van der Waals surface area contributed by atoms with Gasteiger partial charge in [-0.3, -0.25) is 0 Å². The molecule has 1 aliphatic heterocycles. The molecular weight excluding hydrogens is 236 g/mol. The zero-order valence-corrected chi connectivity index (χ0v) is 12.3. The molecule has 17 heavy (non-hydrogen) atoms. The molecule has 0 atom stereocenters. The first-order valence-electron chi connectivity index (χ1n) is 6.43. The van der Waals surface area contributed by atoms with E-state index in [2.05, 4.69) is 10.2 Å². The highest BCUT2D eigenvalue weighted by Gasteiger charge is 2.37. The molecule has 1 fully saturated rings. The Kier molecular flexibility index (Phi) is 7.25. The Morgan fingerprint density at radius 1 is 1.18 bits per heavy atom. The van der Waals surface area contributed by atoms with Gasteiger partial charge in [0.2, 0.25) is 0 Å². The Hall–Kier alpha value is 0.0169. The van der Waals surface area contributed by atoms with Crippen LogP contribution in [0.1, 0.15) is 13.3 Å². The Bertz CT molecular complexity index is 197. The van der Waals surface area contributed by atoms with Crippen molar-refractivity contribution in [3.8, 4) is 0 Å². The average molecular weight is 262 g/mol. The van der Waals surface area contributed by atoms with E-state index >= 15 is 0 Å². The van der Waals surface area contributed by atoms with Gasteiger partial charge in [-0.25, -0.2) is 0 Å². The molecular formula is C11H26N2O3Si. The lowest BCUT2D eigenvalue weighted by atomic mass is 10.3. The molecule has 1 heterocycles. The molecule has 0 aliphatic carbocycles. The maximum atomic E-state index is 5.68. The van der Waals surface area contributed by atoms with Gasteiger partial charge in [0.05, 0.1) is 0 Å². The topological polar surface area (TPSA) is 43.0 Å². The molecule has 0 radical (unpaired) electrons. The minimum atomic E-state index is -2.37. The number of nitrogens with zero attached hydrogens (tertiary/aromatic N) is 1. The smallest absolute Gasteiger partial charge is 0.377 e. The van der Waals surface area contributed by atoms with Gasteiger partial charge in [-0.05, 0) is 19.9 Å². The molecule has 1 N–H and O–H groups in total. The molecule has 0 bridgehead atoms. The lowest BCUT2D eigenvalue weighted by molar-refractivity contribution is 0.102. The number of hydrogen-bond acceptors (Lipinski definition) is 5. The third-order valence-electron chi connectivity index (χ3n) is 3.15. The Morgan fingerprint density at radius 2 is 1.82 bits per heavy atom. The van der Waals surface area contributed by atoms with E-state index in [1.54, 1.807) is 14.2 Å². The Labute approximate surface area is 106 Å². The summed E-state index contributed by atoms with van der Waals surface area (Å²) in [6.45, 7) is 8.23. The molecule has 5 nitrogen and oxygen atoms in total. The third kappa shape index (κ3) is 5.03. The lowest BCUT2D eigenvalue weighted by Gasteiger charge is -2.29. The summed E-state index contributed by atoms with van der Waals surface area (Å²) in [5, 5.41) is 3.36. The van der Waals surface area contributed by atoms with Gasteiger partial charge < -0.3 is 23.5 Å². The first-order valence-corrected chi connectivity index (χ1v) is 8.37. The number of rotatable bonds is 8. The SMILES string of the molecule is CCO[Si](CCCN1CCNCC1)(OC)OC. The summed E-state index contributed by atoms with van der Waals surface area (Å²) < 4.78 is 16.6. The van der Waals surface area contributed by atoms with E-state index < -0.39 is 8.80 Å². The fourth-order valence-electron chi connectivity index (χ4n) is 2.15. The molecule has 0 aromatic carbocycles. The monoisotopic (exact) mass is 262 g/mol. The molecule has 0 spiro atoms. The van der Waals surface area contributed by atoms with Gasteiger partial charge in [0.15, 0.2) is 0 Å². The predicted octanol–water partition coefficient (Wildman–Crippen LogP) is 0.550. The molecule has 0 aromatic rings. The van der Waals surface area contributed by atoms with Crippen LogP contribution < -0.4 is 5.32 Å². The summed E-state index contributed by atoms with van der Waals surface area (Å²) >= 11 is 0. The standard InChI is InChI=1S/C11H26N2O3Si/c1-4-16-17(14-2,15-3)11-5-8-13-9-6-12-7-10-13/h12H,4-11H2,1-3H3. The molecule has 0 amide bonds. The molecule has 1 aliphatic rings. The van der Waals surface area contributed by atoms with Crippen molar-refractivity contribution in [1.82, 2.24) is 10.2 Å². The zero-order valence-electron chi connectivity index (χ0n) is 11.3. The second-order valence-corrected chi connectivity index (χ2v) is 7.19. The third-order valence-corrected chi connectivity index (χ3v) is 6.09. The minimum absolute atomic E-state index is 0.654. The predicted molar refractivity (Wildman–Crippen MR) is 70.1 cm³/mol. The highest BCUT2D eigenvalue weighted by atomic mass is 28.4. The minimum Gasteiger partial charge on any atom is -0.377 e. The van der Waals surface area contributed by atoms with Crippen LogP contribution in [-0.2, 0) is 13.3 Å². The van der Waals surface area contributed by atoms with Crippen molar-refractivity contribution in [3.05, 3.63) is 0 Å². The maximum Gasteiger partial charge on any atom is 0.500 e. The van der Waals surface area contributed by atoms with E-state index in [0.717, 1.165) is 45.2 Å². The van der Waals surface area contributed by atoms with E-state index in [1.807, 2.05) is 6.92 Å². The van der Waals surface area contributed by atoms with Crippen LogP contribution in [0.15, 0.2) is 0 Å². The number of hydrogen-bond donors (Lipinski definition) is 1. The molecule has 6 heteroatoms. The van der Waals surface area contributed by atoms with E-state index in [9.17, 15) is 0 Å². The van der Waals surface area contributed by atoms with Crippen molar-refractivity contribution < 1.29 is 13.3 Å². The molecule has 102 valence electrons. The molecule has 0 aromatic heterocycles. The highest BCUT2D eigenvalue weighted by molar-refractivity contribution is 6.60. The van der Waals surface area contributed by atoms with Crippen LogP contribution in [0.3, 0.4) is 0 Å². The Balaban J connectivity index is 2.25. The van der Waals surface area contributed by atoms with E-state index in [4.69, 9.17) is 13.3 Å². The maximum absolute atomic E-state index is 5.68. The highest BCUT2D eigenvalue weighted by Crippen LogP contribution is 2.16. The molecule has 0 saturated carbocycles. The van der Waals surface area contributed by atoms with Gasteiger partial charge >= 0.3 is 8.80 Å². The zero-order chi connectivity index (χ0) is 12.6. The molecule has 0 unspecified atom stereocenters. The van der Waals surface area contributed by atoms with Gasteiger partial charge in [0.25, 0.3) is 0 Å². The summed E-state index contributed by atoms with van der Waals surface area (Å²) in [4.78, 5) is 2.48. The van der Waals surface area contributed by atoms with Gasteiger partial charge in [-0.15, -0.1) is 0 Å². The van der Waals surface area contributed by atoms with Crippen molar-refractivity contribution in [3.63, 3.8) is 0 Å². The van der Waals surface area contributed by atoms with Gasteiger partial charge in [0.1, 0.15) is 0 Å². The summed E-state index contributed by atoms with van der Waals surface area (Å²) in [5.41, 5.74) is 0. The number of piperazine rings is 1. The average Bonchev–Trinajstić information content (AvgIpc) is 2.39. The second kappa shape index (κ2) is 8.18. The van der Waals surface area contributed by atoms with Crippen molar-refractivity contribution >= 4 is 8.80 Å². The molecule has 1 saturated heterocycles. The molecule has 1 rings (SSSR count). The first-order chi connectivity index (χ1) is 8.26. The van der Waals surface area contributed by atoms with Crippen molar-refractivity contribution in [2.45, 2.75) is 19.4 Å². The lowest BCUT2D eigenvalue weighted by Crippen LogP contribution is -2.46. The van der Waals surface area contributed by atoms with Crippen LogP contribution in [0.2, 0.25) is 6.04 Å². The van der Waals surface area contributed by atoms with Crippen LogP contribution >= 0.6 is 0 Å². The van der Waals surface area contributed by atoms with E-state index in [-0.39, 0.29) is 0 Å². The van der Waals surface area contributed by atoms with Gasteiger partial charge in [-0.1, -0.05) is 0 Å². The van der Waals surface area contributed by atoms with Crippen molar-refractivity contribution in [2.24, 2.45) is 0 Å². The van der Waals surface area contributed by atoms with Crippen LogP contribution in [0.25, 0.3) is 0 Å². The second-order valence-electron chi connectivity index (χ2n) is 4.22. The van der Waals surface area contributed by atoms with Crippen LogP contribution in [-0.4, -0.2) is 67.3 Å². The van der Waals surface area contributed by atoms with Crippen LogP contribution in [0.5, 0.6) is 0 Å². The Morgan fingerprint density at radius 3 is 2.35 bits per heavy atom. The van der Waals surface area contributed by atoms with Gasteiger partial charge in [0, 0.05) is 53.0 Å².